The van der Waals surface area contributed by atoms with Gasteiger partial charge in [0, 0.05) is 5.56 Å². The molecule has 2 aromatic rings. The summed E-state index contributed by atoms with van der Waals surface area (Å²) in [5.41, 5.74) is -1.24. The molecule has 0 saturated carbocycles. The molecule has 0 spiro atoms. The summed E-state index contributed by atoms with van der Waals surface area (Å²) in [5.74, 6) is -1.50. The average molecular weight is 322 g/mol. The van der Waals surface area contributed by atoms with Gasteiger partial charge >= 0.3 is 12.5 Å². The second kappa shape index (κ2) is 5.43. The predicted molar refractivity (Wildman–Crippen MR) is 65.2 cm³/mol. The largest absolute Gasteiger partial charge is 0.573 e. The molecular formula is C14H8F6O2. The summed E-state index contributed by atoms with van der Waals surface area (Å²) < 4.78 is 77.8. The van der Waals surface area contributed by atoms with Gasteiger partial charge in [0.1, 0.15) is 11.5 Å². The molecule has 0 aromatic heterocycles. The van der Waals surface area contributed by atoms with Gasteiger partial charge in [-0.1, -0.05) is 24.3 Å². The molecule has 0 aliphatic carbocycles. The Hall–Kier alpha value is -2.38. The maximum absolute atomic E-state index is 12.7. The second-order valence-electron chi connectivity index (χ2n) is 4.27. The highest BCUT2D eigenvalue weighted by Gasteiger charge is 2.35. The third-order valence-corrected chi connectivity index (χ3v) is 2.74. The summed E-state index contributed by atoms with van der Waals surface area (Å²) >= 11 is 0. The van der Waals surface area contributed by atoms with Crippen LogP contribution >= 0.6 is 0 Å². The smallest absolute Gasteiger partial charge is 0.507 e. The topological polar surface area (TPSA) is 29.5 Å². The molecule has 0 fully saturated rings. The summed E-state index contributed by atoms with van der Waals surface area (Å²) in [4.78, 5) is 0. The third-order valence-electron chi connectivity index (χ3n) is 2.74. The number of ether oxygens (including phenoxy) is 1. The fourth-order valence-corrected chi connectivity index (χ4v) is 1.84. The van der Waals surface area contributed by atoms with E-state index in [4.69, 9.17) is 0 Å². The lowest BCUT2D eigenvalue weighted by Gasteiger charge is -2.13. The van der Waals surface area contributed by atoms with Crippen LogP contribution < -0.4 is 4.74 Å². The van der Waals surface area contributed by atoms with E-state index in [1.807, 2.05) is 0 Å². The molecule has 2 aromatic carbocycles. The quantitative estimate of drug-likeness (QED) is 0.791. The van der Waals surface area contributed by atoms with Gasteiger partial charge in [-0.05, 0) is 23.8 Å². The summed E-state index contributed by atoms with van der Waals surface area (Å²) in [6.07, 6.45) is -9.60. The number of phenols is 1. The van der Waals surface area contributed by atoms with Crippen LogP contribution in [0.1, 0.15) is 5.56 Å². The van der Waals surface area contributed by atoms with Gasteiger partial charge in [-0.2, -0.15) is 13.2 Å². The molecule has 0 heterocycles. The minimum absolute atomic E-state index is 0.123. The highest BCUT2D eigenvalue weighted by atomic mass is 19.4. The summed E-state index contributed by atoms with van der Waals surface area (Å²) in [5, 5.41) is 9.70. The van der Waals surface area contributed by atoms with Crippen molar-refractivity contribution in [3.63, 3.8) is 0 Å². The molecule has 2 rings (SSSR count). The minimum Gasteiger partial charge on any atom is -0.507 e. The van der Waals surface area contributed by atoms with E-state index in [0.29, 0.717) is 6.07 Å². The zero-order valence-corrected chi connectivity index (χ0v) is 10.7. The lowest BCUT2D eigenvalue weighted by Crippen LogP contribution is -2.16. The molecule has 0 saturated heterocycles. The van der Waals surface area contributed by atoms with Gasteiger partial charge in [0.2, 0.25) is 0 Å². The van der Waals surface area contributed by atoms with Crippen molar-refractivity contribution >= 4 is 0 Å². The van der Waals surface area contributed by atoms with Crippen LogP contribution in [-0.2, 0) is 6.18 Å². The van der Waals surface area contributed by atoms with Crippen molar-refractivity contribution in [2.24, 2.45) is 0 Å². The van der Waals surface area contributed by atoms with Crippen molar-refractivity contribution in [2.75, 3.05) is 0 Å². The molecule has 0 radical (unpaired) electrons. The first-order valence-electron chi connectivity index (χ1n) is 5.83. The Morgan fingerprint density at radius 1 is 0.818 bits per heavy atom. The van der Waals surface area contributed by atoms with Gasteiger partial charge < -0.3 is 9.84 Å². The van der Waals surface area contributed by atoms with Gasteiger partial charge in [0.15, 0.2) is 0 Å². The highest BCUT2D eigenvalue weighted by molar-refractivity contribution is 5.72. The van der Waals surface area contributed by atoms with E-state index in [2.05, 4.69) is 4.74 Å². The second-order valence-corrected chi connectivity index (χ2v) is 4.27. The van der Waals surface area contributed by atoms with E-state index < -0.39 is 29.6 Å². The van der Waals surface area contributed by atoms with Crippen molar-refractivity contribution < 1.29 is 36.2 Å². The number of rotatable bonds is 2. The molecule has 8 heteroatoms. The Bertz CT molecular complexity index is 659. The lowest BCUT2D eigenvalue weighted by molar-refractivity contribution is -0.274. The van der Waals surface area contributed by atoms with Gasteiger partial charge in [-0.3, -0.25) is 0 Å². The van der Waals surface area contributed by atoms with E-state index in [9.17, 15) is 31.4 Å². The average Bonchev–Trinajstić information content (AvgIpc) is 2.37. The molecule has 0 atom stereocenters. The van der Waals surface area contributed by atoms with Crippen molar-refractivity contribution in [2.45, 2.75) is 12.5 Å². The van der Waals surface area contributed by atoms with Crippen LogP contribution in [0, 0.1) is 0 Å². The number of halogens is 6. The monoisotopic (exact) mass is 322 g/mol. The Morgan fingerprint density at radius 3 is 1.91 bits per heavy atom. The maximum atomic E-state index is 12.7. The van der Waals surface area contributed by atoms with Crippen molar-refractivity contribution in [1.29, 1.82) is 0 Å². The molecule has 118 valence electrons. The molecule has 2 nitrogen and oxygen atoms in total. The zero-order valence-electron chi connectivity index (χ0n) is 10.7. The van der Waals surface area contributed by atoms with Crippen LogP contribution in [-0.4, -0.2) is 11.5 Å². The number of phenolic OH excluding ortho intramolecular Hbond substituents is 1. The molecule has 22 heavy (non-hydrogen) atoms. The number of hydrogen-bond donors (Lipinski definition) is 1. The number of benzene rings is 2. The summed E-state index contributed by atoms with van der Waals surface area (Å²) in [7, 11) is 0. The number of hydrogen-bond acceptors (Lipinski definition) is 2. The number of alkyl halides is 6. The fraction of sp³-hybridized carbons (Fsp3) is 0.143. The SMILES string of the molecule is Oc1c(-c2ccc(OC(F)(F)F)cc2)cccc1C(F)(F)F. The van der Waals surface area contributed by atoms with Gasteiger partial charge in [0.25, 0.3) is 0 Å². The van der Waals surface area contributed by atoms with Crippen molar-refractivity contribution in [3.05, 3.63) is 48.0 Å². The van der Waals surface area contributed by atoms with Gasteiger partial charge in [-0.25, -0.2) is 0 Å². The molecule has 0 amide bonds. The Kier molecular flexibility index (Phi) is 3.95. The van der Waals surface area contributed by atoms with E-state index in [1.54, 1.807) is 0 Å². The molecule has 0 bridgehead atoms. The Morgan fingerprint density at radius 2 is 1.41 bits per heavy atom. The minimum atomic E-state index is -4.86. The Labute approximate surface area is 120 Å². The van der Waals surface area contributed by atoms with Crippen molar-refractivity contribution in [1.82, 2.24) is 0 Å². The van der Waals surface area contributed by atoms with Crippen LogP contribution in [0.15, 0.2) is 42.5 Å². The third kappa shape index (κ3) is 3.63. The molecule has 0 aliphatic rings. The fourth-order valence-electron chi connectivity index (χ4n) is 1.84. The van der Waals surface area contributed by atoms with Crippen LogP contribution in [0.3, 0.4) is 0 Å². The normalized spacial score (nSPS) is 12.3. The first-order chi connectivity index (χ1) is 10.1. The first-order valence-corrected chi connectivity index (χ1v) is 5.83. The van der Waals surface area contributed by atoms with E-state index in [1.165, 1.54) is 6.07 Å². The van der Waals surface area contributed by atoms with E-state index in [0.717, 1.165) is 30.3 Å². The molecule has 0 unspecified atom stereocenters. The molecular weight excluding hydrogens is 314 g/mol. The van der Waals surface area contributed by atoms with Gasteiger partial charge in [0.05, 0.1) is 5.56 Å². The van der Waals surface area contributed by atoms with Crippen LogP contribution in [0.2, 0.25) is 0 Å². The molecule has 1 N–H and O–H groups in total. The molecule has 0 aliphatic heterocycles. The zero-order chi connectivity index (χ0) is 16.5. The maximum Gasteiger partial charge on any atom is 0.573 e. The first kappa shape index (κ1) is 16.0. The highest BCUT2D eigenvalue weighted by Crippen LogP contribution is 2.41. The van der Waals surface area contributed by atoms with Crippen molar-refractivity contribution in [3.8, 4) is 22.6 Å². The predicted octanol–water partition coefficient (Wildman–Crippen LogP) is 4.98. The lowest BCUT2D eigenvalue weighted by atomic mass is 10.0. The van der Waals surface area contributed by atoms with E-state index >= 15 is 0 Å². The number of para-hydroxylation sites is 1. The summed E-state index contributed by atoms with van der Waals surface area (Å²) in [6.45, 7) is 0. The van der Waals surface area contributed by atoms with Gasteiger partial charge in [-0.15, -0.1) is 13.2 Å². The van der Waals surface area contributed by atoms with E-state index in [-0.39, 0.29) is 11.1 Å². The number of aromatic hydroxyl groups is 1. The Balaban J connectivity index is 2.37. The van der Waals surface area contributed by atoms with Crippen LogP contribution in [0.25, 0.3) is 11.1 Å². The standard InChI is InChI=1S/C14H8F6O2/c15-13(16,17)11-3-1-2-10(12(11)21)8-4-6-9(7-5-8)22-14(18,19)20/h1-7,21H. The van der Waals surface area contributed by atoms with Crippen LogP contribution in [0.5, 0.6) is 11.5 Å². The summed E-state index contributed by atoms with van der Waals surface area (Å²) in [6, 6.07) is 7.17. The van der Waals surface area contributed by atoms with Crippen LogP contribution in [0.4, 0.5) is 26.3 Å².